The van der Waals surface area contributed by atoms with Crippen LogP contribution >= 0.6 is 0 Å². The number of hydrogen-bond donors (Lipinski definition) is 3. The first kappa shape index (κ1) is 17.2. The van der Waals surface area contributed by atoms with Gasteiger partial charge in [0.05, 0.1) is 6.61 Å². The van der Waals surface area contributed by atoms with E-state index in [0.29, 0.717) is 32.4 Å². The Labute approximate surface area is 125 Å². The lowest BCUT2D eigenvalue weighted by Crippen LogP contribution is -2.30. The summed E-state index contributed by atoms with van der Waals surface area (Å²) < 4.78 is 5.08. The molecular weight excluding hydrogens is 272 g/mol. The molecule has 0 unspecified atom stereocenters. The van der Waals surface area contributed by atoms with Gasteiger partial charge in [0.25, 0.3) is 0 Å². The number of nitrogens with two attached hydrogens (primary N) is 1. The van der Waals surface area contributed by atoms with Crippen molar-refractivity contribution in [3.05, 3.63) is 23.8 Å². The van der Waals surface area contributed by atoms with Gasteiger partial charge in [-0.3, -0.25) is 4.79 Å². The molecule has 0 spiro atoms. The first-order valence-corrected chi connectivity index (χ1v) is 7.33. The summed E-state index contributed by atoms with van der Waals surface area (Å²) in [4.78, 5) is 21.9. The molecule has 4 N–H and O–H groups in total. The second-order valence-corrected chi connectivity index (χ2v) is 5.04. The zero-order chi connectivity index (χ0) is 15.5. The van der Waals surface area contributed by atoms with E-state index in [1.54, 1.807) is 0 Å². The number of ether oxygens (including phenoxy) is 1. The molecule has 0 saturated carbocycles. The number of amides is 1. The zero-order valence-corrected chi connectivity index (χ0v) is 12.2. The highest BCUT2D eigenvalue weighted by molar-refractivity contribution is 5.72. The van der Waals surface area contributed by atoms with Crippen molar-refractivity contribution in [1.82, 2.24) is 5.32 Å². The van der Waals surface area contributed by atoms with E-state index in [-0.39, 0.29) is 0 Å². The molecule has 0 aromatic carbocycles. The summed E-state index contributed by atoms with van der Waals surface area (Å²) in [5, 5.41) is 11.2. The number of rotatable bonds is 9. The Morgan fingerprint density at radius 3 is 2.90 bits per heavy atom. The summed E-state index contributed by atoms with van der Waals surface area (Å²) in [5.41, 5.74) is 6.67. The molecule has 1 rings (SSSR count). The predicted octanol–water partition coefficient (Wildman–Crippen LogP) is 1.96. The average Bonchev–Trinajstić information content (AvgIpc) is 2.47. The number of nitrogens with one attached hydrogen (secondary N) is 1. The monoisotopic (exact) mass is 296 g/mol. The number of hydrogen-bond acceptors (Lipinski definition) is 4. The van der Waals surface area contributed by atoms with Crippen LogP contribution in [0.2, 0.25) is 0 Å². The highest BCUT2D eigenvalue weighted by Gasteiger charge is 2.10. The summed E-state index contributed by atoms with van der Waals surface area (Å²) in [5.74, 6) is -0.991. The second kappa shape index (κ2) is 9.99. The minimum Gasteiger partial charge on any atom is -0.480 e. The Morgan fingerprint density at radius 2 is 2.24 bits per heavy atom. The molecule has 118 valence electrons. The largest absolute Gasteiger partial charge is 0.480 e. The quantitative estimate of drug-likeness (QED) is 0.565. The molecule has 0 saturated heterocycles. The number of carbonyl (C=O) groups is 2. The second-order valence-electron chi connectivity index (χ2n) is 5.04. The molecule has 1 aliphatic rings. The van der Waals surface area contributed by atoms with Gasteiger partial charge in [0, 0.05) is 13.0 Å². The van der Waals surface area contributed by atoms with Gasteiger partial charge in [-0.05, 0) is 32.1 Å². The molecule has 0 heterocycles. The van der Waals surface area contributed by atoms with E-state index in [9.17, 15) is 9.59 Å². The van der Waals surface area contributed by atoms with E-state index < -0.39 is 18.1 Å². The summed E-state index contributed by atoms with van der Waals surface area (Å²) in [6.45, 7) is 0.853. The maximum absolute atomic E-state index is 11.4. The molecule has 0 bridgehead atoms. The number of alkyl carbamates (subject to hydrolysis) is 1. The van der Waals surface area contributed by atoms with Gasteiger partial charge < -0.3 is 20.9 Å². The van der Waals surface area contributed by atoms with Crippen LogP contribution in [0.4, 0.5) is 4.79 Å². The third-order valence-corrected chi connectivity index (χ3v) is 3.28. The van der Waals surface area contributed by atoms with E-state index in [1.807, 2.05) is 6.08 Å². The lowest BCUT2D eigenvalue weighted by Gasteiger charge is -2.10. The van der Waals surface area contributed by atoms with Crippen LogP contribution in [0, 0.1) is 0 Å². The van der Waals surface area contributed by atoms with Crippen LogP contribution in [0.15, 0.2) is 23.8 Å². The molecule has 21 heavy (non-hydrogen) atoms. The molecule has 0 radical (unpaired) electrons. The summed E-state index contributed by atoms with van der Waals surface area (Å²) in [7, 11) is 0. The minimum absolute atomic E-state index is 0.384. The van der Waals surface area contributed by atoms with Gasteiger partial charge in [0.2, 0.25) is 0 Å². The molecule has 1 atom stereocenters. The molecule has 1 aliphatic carbocycles. The van der Waals surface area contributed by atoms with Gasteiger partial charge in [-0.2, -0.15) is 0 Å². The van der Waals surface area contributed by atoms with Crippen molar-refractivity contribution in [3.8, 4) is 0 Å². The van der Waals surface area contributed by atoms with Crippen molar-refractivity contribution in [1.29, 1.82) is 0 Å². The minimum atomic E-state index is -0.991. The number of aliphatic carboxylic acids is 1. The standard InChI is InChI=1S/C15H24N2O4/c16-13(14(18)19)8-4-5-10-17-15(20)21-11-9-12-6-2-1-3-7-12/h1-2,6,13H,3-5,7-11,16H2,(H,17,20)(H,18,19)/t13-/m0/s1. The molecule has 6 nitrogen and oxygen atoms in total. The first-order chi connectivity index (χ1) is 10.1. The normalized spacial score (nSPS) is 15.2. The maximum atomic E-state index is 11.4. The molecule has 6 heteroatoms. The predicted molar refractivity (Wildman–Crippen MR) is 79.9 cm³/mol. The summed E-state index contributed by atoms with van der Waals surface area (Å²) in [6, 6.07) is -0.824. The van der Waals surface area contributed by atoms with Crippen molar-refractivity contribution in [2.75, 3.05) is 13.2 Å². The van der Waals surface area contributed by atoms with Crippen molar-refractivity contribution < 1.29 is 19.4 Å². The van der Waals surface area contributed by atoms with Gasteiger partial charge >= 0.3 is 12.1 Å². The molecule has 0 aromatic rings. The van der Waals surface area contributed by atoms with E-state index >= 15 is 0 Å². The maximum Gasteiger partial charge on any atom is 0.407 e. The van der Waals surface area contributed by atoms with Gasteiger partial charge in [-0.25, -0.2) is 4.79 Å². The van der Waals surface area contributed by atoms with Gasteiger partial charge in [-0.15, -0.1) is 0 Å². The number of unbranched alkanes of at least 4 members (excludes halogenated alkanes) is 1. The topological polar surface area (TPSA) is 102 Å². The third-order valence-electron chi connectivity index (χ3n) is 3.28. The van der Waals surface area contributed by atoms with Gasteiger partial charge in [-0.1, -0.05) is 23.8 Å². The lowest BCUT2D eigenvalue weighted by molar-refractivity contribution is -0.138. The van der Waals surface area contributed by atoms with Crippen LogP contribution in [0.1, 0.15) is 38.5 Å². The Morgan fingerprint density at radius 1 is 1.43 bits per heavy atom. The fourth-order valence-electron chi connectivity index (χ4n) is 1.99. The Bertz CT molecular complexity index is 404. The lowest BCUT2D eigenvalue weighted by atomic mass is 10.0. The SMILES string of the molecule is N[C@@H](CCCCNC(=O)OCCC1=CC=CCC1)C(=O)O. The molecule has 0 aromatic heterocycles. The number of carbonyl (C=O) groups excluding carboxylic acids is 1. The first-order valence-electron chi connectivity index (χ1n) is 7.33. The van der Waals surface area contributed by atoms with Gasteiger partial charge in [0.15, 0.2) is 0 Å². The van der Waals surface area contributed by atoms with Crippen LogP contribution in [-0.4, -0.2) is 36.4 Å². The highest BCUT2D eigenvalue weighted by atomic mass is 16.5. The molecule has 0 aliphatic heterocycles. The highest BCUT2D eigenvalue weighted by Crippen LogP contribution is 2.14. The number of carboxylic acid groups (broad SMARTS) is 1. The van der Waals surface area contributed by atoms with Crippen molar-refractivity contribution in [2.45, 2.75) is 44.6 Å². The molecular formula is C15H24N2O4. The number of carboxylic acids is 1. The Balaban J connectivity index is 1.97. The van der Waals surface area contributed by atoms with Crippen molar-refractivity contribution in [2.24, 2.45) is 5.73 Å². The fourth-order valence-corrected chi connectivity index (χ4v) is 1.99. The number of allylic oxidation sites excluding steroid dienone is 3. The van der Waals surface area contributed by atoms with E-state index in [0.717, 1.165) is 19.3 Å². The van der Waals surface area contributed by atoms with Gasteiger partial charge in [0.1, 0.15) is 6.04 Å². The smallest absolute Gasteiger partial charge is 0.407 e. The Hall–Kier alpha value is -1.82. The van der Waals surface area contributed by atoms with Crippen LogP contribution in [-0.2, 0) is 9.53 Å². The average molecular weight is 296 g/mol. The van der Waals surface area contributed by atoms with Crippen LogP contribution in [0.25, 0.3) is 0 Å². The molecule has 0 fully saturated rings. The van der Waals surface area contributed by atoms with E-state index in [2.05, 4.69) is 17.5 Å². The van der Waals surface area contributed by atoms with Crippen molar-refractivity contribution in [3.63, 3.8) is 0 Å². The van der Waals surface area contributed by atoms with Crippen LogP contribution in [0.5, 0.6) is 0 Å². The third kappa shape index (κ3) is 8.14. The summed E-state index contributed by atoms with van der Waals surface area (Å²) >= 11 is 0. The summed E-state index contributed by atoms with van der Waals surface area (Å²) in [6.07, 6.45) is 10.4. The molecule has 1 amide bonds. The van der Waals surface area contributed by atoms with Crippen LogP contribution in [0.3, 0.4) is 0 Å². The zero-order valence-electron chi connectivity index (χ0n) is 12.2. The van der Waals surface area contributed by atoms with E-state index in [4.69, 9.17) is 15.6 Å². The fraction of sp³-hybridized carbons (Fsp3) is 0.600. The van der Waals surface area contributed by atoms with Crippen molar-refractivity contribution >= 4 is 12.1 Å². The van der Waals surface area contributed by atoms with E-state index in [1.165, 1.54) is 5.57 Å². The Kier molecular flexibility index (Phi) is 8.19. The van der Waals surface area contributed by atoms with Crippen LogP contribution < -0.4 is 11.1 Å².